The monoisotopic (exact) mass is 202 g/mol. The zero-order valence-corrected chi connectivity index (χ0v) is 7.19. The largest absolute Gasteiger partial charge is 0.466 e. The molecule has 0 fully saturated rings. The fraction of sp³-hybridized carbons (Fsp3) is 0.571. The zero-order valence-electron chi connectivity index (χ0n) is 7.19. The van der Waals surface area contributed by atoms with Crippen molar-refractivity contribution in [3.05, 3.63) is 12.7 Å². The van der Waals surface area contributed by atoms with Gasteiger partial charge in [0, 0.05) is 13.0 Å². The Morgan fingerprint density at radius 3 is 1.85 bits per heavy atom. The summed E-state index contributed by atoms with van der Waals surface area (Å²) in [5, 5.41) is 0. The third kappa shape index (κ3) is 10.9. The maximum atomic E-state index is 11.1. The number of esters is 1. The summed E-state index contributed by atoms with van der Waals surface area (Å²) in [6.07, 6.45) is -2.42. The molecular formula is C7H10F4O2. The SMILES string of the molecule is C=CC(=O)OC.CC(F)(F)C(F)F. The highest BCUT2D eigenvalue weighted by Crippen LogP contribution is 2.20. The summed E-state index contributed by atoms with van der Waals surface area (Å²) in [6, 6.07) is 0. The zero-order chi connectivity index (χ0) is 11.1. The molecule has 0 spiro atoms. The number of carbonyl (C=O) groups excluding carboxylic acids is 1. The van der Waals surface area contributed by atoms with Gasteiger partial charge >= 0.3 is 18.3 Å². The number of carbonyl (C=O) groups is 1. The second-order valence-corrected chi connectivity index (χ2v) is 1.98. The van der Waals surface area contributed by atoms with E-state index in [1.807, 2.05) is 0 Å². The Morgan fingerprint density at radius 2 is 1.85 bits per heavy atom. The summed E-state index contributed by atoms with van der Waals surface area (Å²) in [7, 11) is 1.31. The molecule has 0 amide bonds. The van der Waals surface area contributed by atoms with E-state index in [4.69, 9.17) is 0 Å². The van der Waals surface area contributed by atoms with E-state index in [-0.39, 0.29) is 6.92 Å². The van der Waals surface area contributed by atoms with Gasteiger partial charge in [-0.05, 0) is 0 Å². The number of hydrogen-bond donors (Lipinski definition) is 0. The van der Waals surface area contributed by atoms with Crippen LogP contribution in [0.2, 0.25) is 0 Å². The minimum atomic E-state index is -3.83. The molecule has 6 heteroatoms. The third-order valence-corrected chi connectivity index (χ3v) is 0.751. The topological polar surface area (TPSA) is 26.3 Å². The lowest BCUT2D eigenvalue weighted by Crippen LogP contribution is -2.20. The molecule has 78 valence electrons. The summed E-state index contributed by atoms with van der Waals surface area (Å²) in [4.78, 5) is 9.84. The van der Waals surface area contributed by atoms with Crippen molar-refractivity contribution >= 4 is 5.97 Å². The van der Waals surface area contributed by atoms with E-state index in [1.165, 1.54) is 7.11 Å². The fourth-order valence-corrected chi connectivity index (χ4v) is 0.0833. The molecule has 0 unspecified atom stereocenters. The van der Waals surface area contributed by atoms with Crippen LogP contribution in [0.5, 0.6) is 0 Å². The Labute approximate surface area is 73.2 Å². The van der Waals surface area contributed by atoms with Crippen LogP contribution in [-0.4, -0.2) is 25.4 Å². The molecule has 0 aromatic carbocycles. The van der Waals surface area contributed by atoms with E-state index in [0.717, 1.165) is 6.08 Å². The lowest BCUT2D eigenvalue weighted by atomic mass is 10.4. The van der Waals surface area contributed by atoms with Gasteiger partial charge in [0.05, 0.1) is 7.11 Å². The summed E-state index contributed by atoms with van der Waals surface area (Å²) in [5.74, 6) is -4.23. The Hall–Kier alpha value is -1.07. The molecule has 2 nitrogen and oxygen atoms in total. The molecule has 0 aliphatic heterocycles. The number of halogens is 4. The summed E-state index contributed by atoms with van der Waals surface area (Å²) < 4.78 is 47.9. The van der Waals surface area contributed by atoms with Crippen LogP contribution in [0.1, 0.15) is 6.92 Å². The van der Waals surface area contributed by atoms with Crippen LogP contribution in [0.25, 0.3) is 0 Å². The number of methoxy groups -OCH3 is 1. The first-order valence-electron chi connectivity index (χ1n) is 3.12. The average Bonchev–Trinajstić information content (AvgIpc) is 2.02. The highest BCUT2D eigenvalue weighted by atomic mass is 19.3. The molecule has 0 radical (unpaired) electrons. The molecule has 0 aromatic rings. The van der Waals surface area contributed by atoms with Crippen molar-refractivity contribution in [2.75, 3.05) is 7.11 Å². The van der Waals surface area contributed by atoms with Crippen LogP contribution >= 0.6 is 0 Å². The maximum Gasteiger partial charge on any atom is 0.329 e. The van der Waals surface area contributed by atoms with E-state index in [0.29, 0.717) is 0 Å². The molecule has 0 aliphatic carbocycles. The molecule has 0 atom stereocenters. The van der Waals surface area contributed by atoms with Crippen LogP contribution in [0.4, 0.5) is 17.6 Å². The van der Waals surface area contributed by atoms with Crippen molar-refractivity contribution in [1.29, 1.82) is 0 Å². The van der Waals surface area contributed by atoms with Crippen LogP contribution in [0, 0.1) is 0 Å². The highest BCUT2D eigenvalue weighted by molar-refractivity contribution is 5.80. The summed E-state index contributed by atoms with van der Waals surface area (Å²) >= 11 is 0. The van der Waals surface area contributed by atoms with E-state index >= 15 is 0 Å². The van der Waals surface area contributed by atoms with Crippen molar-refractivity contribution in [3.8, 4) is 0 Å². The number of rotatable bonds is 2. The third-order valence-electron chi connectivity index (χ3n) is 0.751. The average molecular weight is 202 g/mol. The smallest absolute Gasteiger partial charge is 0.329 e. The quantitative estimate of drug-likeness (QED) is 0.390. The Morgan fingerprint density at radius 1 is 1.54 bits per heavy atom. The van der Waals surface area contributed by atoms with Gasteiger partial charge in [-0.1, -0.05) is 6.58 Å². The maximum absolute atomic E-state index is 11.1. The standard InChI is InChI=1S/C4H6O2.C3H4F4/c1-3-4(5)6-2;1-3(6,7)2(4)5/h3H,1H2,2H3;2H,1H3. The van der Waals surface area contributed by atoms with Crippen LogP contribution in [-0.2, 0) is 9.53 Å². The lowest BCUT2D eigenvalue weighted by molar-refractivity contribution is -0.134. The lowest BCUT2D eigenvalue weighted by Gasteiger charge is -2.05. The number of hydrogen-bond acceptors (Lipinski definition) is 2. The van der Waals surface area contributed by atoms with E-state index < -0.39 is 18.3 Å². The van der Waals surface area contributed by atoms with Crippen molar-refractivity contribution < 1.29 is 27.1 Å². The minimum absolute atomic E-state index is 0.178. The van der Waals surface area contributed by atoms with Gasteiger partial charge in [-0.3, -0.25) is 0 Å². The predicted octanol–water partition coefficient (Wildman–Crippen LogP) is 2.25. The van der Waals surface area contributed by atoms with Gasteiger partial charge < -0.3 is 4.74 Å². The second-order valence-electron chi connectivity index (χ2n) is 1.98. The minimum Gasteiger partial charge on any atom is -0.466 e. The summed E-state index contributed by atoms with van der Waals surface area (Å²) in [5.41, 5.74) is 0. The van der Waals surface area contributed by atoms with Crippen molar-refractivity contribution in [2.45, 2.75) is 19.3 Å². The number of alkyl halides is 4. The molecule has 0 saturated heterocycles. The van der Waals surface area contributed by atoms with E-state index in [1.54, 1.807) is 0 Å². The number of ether oxygens (including phenoxy) is 1. The van der Waals surface area contributed by atoms with Crippen molar-refractivity contribution in [2.24, 2.45) is 0 Å². The molecule has 0 N–H and O–H groups in total. The Balaban J connectivity index is 0. The molecule has 13 heavy (non-hydrogen) atoms. The Kier molecular flexibility index (Phi) is 7.17. The molecular weight excluding hydrogens is 192 g/mol. The first-order valence-corrected chi connectivity index (χ1v) is 3.12. The molecule has 0 heterocycles. The van der Waals surface area contributed by atoms with Crippen LogP contribution < -0.4 is 0 Å². The highest BCUT2D eigenvalue weighted by Gasteiger charge is 2.33. The predicted molar refractivity (Wildman–Crippen MR) is 38.8 cm³/mol. The molecule has 0 aromatic heterocycles. The second kappa shape index (κ2) is 6.45. The van der Waals surface area contributed by atoms with Gasteiger partial charge in [-0.25, -0.2) is 22.4 Å². The van der Waals surface area contributed by atoms with Gasteiger partial charge in [0.25, 0.3) is 0 Å². The Bertz CT molecular complexity index is 162. The first kappa shape index (κ1) is 14.5. The molecule has 0 aliphatic rings. The first-order chi connectivity index (χ1) is 5.75. The summed E-state index contributed by atoms with van der Waals surface area (Å²) in [6.45, 7) is 3.34. The van der Waals surface area contributed by atoms with Gasteiger partial charge in [0.2, 0.25) is 0 Å². The van der Waals surface area contributed by atoms with Gasteiger partial charge in [0.1, 0.15) is 0 Å². The molecule has 0 saturated carbocycles. The van der Waals surface area contributed by atoms with E-state index in [2.05, 4.69) is 11.3 Å². The van der Waals surface area contributed by atoms with E-state index in [9.17, 15) is 22.4 Å². The molecule has 0 bridgehead atoms. The van der Waals surface area contributed by atoms with Gasteiger partial charge in [0.15, 0.2) is 0 Å². The van der Waals surface area contributed by atoms with Gasteiger partial charge in [-0.15, -0.1) is 0 Å². The molecule has 0 rings (SSSR count). The fourth-order valence-electron chi connectivity index (χ4n) is 0.0833. The van der Waals surface area contributed by atoms with Gasteiger partial charge in [-0.2, -0.15) is 0 Å². The van der Waals surface area contributed by atoms with Crippen LogP contribution in [0.3, 0.4) is 0 Å². The normalized spacial score (nSPS) is 10.1. The van der Waals surface area contributed by atoms with Crippen molar-refractivity contribution in [3.63, 3.8) is 0 Å². The van der Waals surface area contributed by atoms with Crippen LogP contribution in [0.15, 0.2) is 12.7 Å². The van der Waals surface area contributed by atoms with Crippen molar-refractivity contribution in [1.82, 2.24) is 0 Å².